The number of piperazine rings is 1. The summed E-state index contributed by atoms with van der Waals surface area (Å²) in [7, 11) is -0.740. The lowest BCUT2D eigenvalue weighted by Crippen LogP contribution is -2.51. The zero-order valence-electron chi connectivity index (χ0n) is 18.0. The van der Waals surface area contributed by atoms with Crippen LogP contribution in [-0.4, -0.2) is 76.5 Å². The van der Waals surface area contributed by atoms with E-state index in [2.05, 4.69) is 4.74 Å². The Bertz CT molecular complexity index is 1050. The molecule has 0 N–H and O–H groups in total. The molecule has 0 radical (unpaired) electrons. The summed E-state index contributed by atoms with van der Waals surface area (Å²) in [4.78, 5) is 25.8. The van der Waals surface area contributed by atoms with Gasteiger partial charge >= 0.3 is 5.97 Å². The van der Waals surface area contributed by atoms with Crippen LogP contribution in [0.25, 0.3) is 0 Å². The fourth-order valence-corrected chi connectivity index (χ4v) is 4.87. The Morgan fingerprint density at radius 2 is 1.62 bits per heavy atom. The van der Waals surface area contributed by atoms with Gasteiger partial charge in [-0.1, -0.05) is 30.3 Å². The highest BCUT2D eigenvalue weighted by Crippen LogP contribution is 2.28. The normalized spacial score (nSPS) is 14.6. The fraction of sp³-hybridized carbons (Fsp3) is 0.364. The van der Waals surface area contributed by atoms with E-state index in [0.29, 0.717) is 17.1 Å². The monoisotopic (exact) mass is 462 g/mol. The SMILES string of the molecule is COC(=O)c1ccc(OCC(=O)N2CCN(S(=O)(=O)Cc3ccccc3)CC2)c(OC)c1. The Labute approximate surface area is 187 Å². The van der Waals surface area contributed by atoms with Crippen LogP contribution in [0.15, 0.2) is 48.5 Å². The summed E-state index contributed by atoms with van der Waals surface area (Å²) >= 11 is 0. The number of nitrogens with zero attached hydrogens (tertiary/aromatic N) is 2. The van der Waals surface area contributed by atoms with E-state index in [1.165, 1.54) is 36.7 Å². The van der Waals surface area contributed by atoms with E-state index in [-0.39, 0.29) is 44.4 Å². The predicted octanol–water partition coefficient (Wildman–Crippen LogP) is 1.53. The number of amides is 1. The van der Waals surface area contributed by atoms with Gasteiger partial charge in [0.1, 0.15) is 0 Å². The number of esters is 1. The first-order valence-electron chi connectivity index (χ1n) is 10.0. The van der Waals surface area contributed by atoms with Gasteiger partial charge in [-0.15, -0.1) is 0 Å². The molecule has 0 saturated carbocycles. The molecule has 0 spiro atoms. The van der Waals surface area contributed by atoms with Crippen LogP contribution >= 0.6 is 0 Å². The van der Waals surface area contributed by atoms with Gasteiger partial charge in [0, 0.05) is 26.2 Å². The summed E-state index contributed by atoms with van der Waals surface area (Å²) in [5.74, 6) is -0.211. The highest BCUT2D eigenvalue weighted by atomic mass is 32.2. The predicted molar refractivity (Wildman–Crippen MR) is 117 cm³/mol. The number of carbonyl (C=O) groups is 2. The van der Waals surface area contributed by atoms with Crippen molar-refractivity contribution >= 4 is 21.9 Å². The van der Waals surface area contributed by atoms with Gasteiger partial charge in [-0.3, -0.25) is 4.79 Å². The van der Waals surface area contributed by atoms with Crippen molar-refractivity contribution < 1.29 is 32.2 Å². The van der Waals surface area contributed by atoms with Gasteiger partial charge in [0.05, 0.1) is 25.5 Å². The van der Waals surface area contributed by atoms with Crippen LogP contribution in [0, 0.1) is 0 Å². The molecular formula is C22H26N2O7S. The van der Waals surface area contributed by atoms with Gasteiger partial charge in [-0.25, -0.2) is 13.2 Å². The van der Waals surface area contributed by atoms with E-state index in [1.54, 1.807) is 29.2 Å². The van der Waals surface area contributed by atoms with Crippen LogP contribution in [-0.2, 0) is 25.3 Å². The second-order valence-electron chi connectivity index (χ2n) is 7.17. The minimum Gasteiger partial charge on any atom is -0.493 e. The number of hydrogen-bond donors (Lipinski definition) is 0. The van der Waals surface area contributed by atoms with Crippen molar-refractivity contribution in [2.24, 2.45) is 0 Å². The summed E-state index contributed by atoms with van der Waals surface area (Å²) in [6.45, 7) is 0.810. The van der Waals surface area contributed by atoms with Crippen molar-refractivity contribution in [1.29, 1.82) is 0 Å². The molecule has 1 fully saturated rings. The molecule has 1 aliphatic rings. The van der Waals surface area contributed by atoms with Crippen molar-refractivity contribution in [3.8, 4) is 11.5 Å². The standard InChI is InChI=1S/C22H26N2O7S/c1-29-20-14-18(22(26)30-2)8-9-19(20)31-15-21(25)23-10-12-24(13-11-23)32(27,28)16-17-6-4-3-5-7-17/h3-9,14H,10-13,15-16H2,1-2H3. The first-order valence-corrected chi connectivity index (χ1v) is 11.6. The molecule has 1 heterocycles. The van der Waals surface area contributed by atoms with E-state index >= 15 is 0 Å². The number of rotatable bonds is 8. The van der Waals surface area contributed by atoms with Gasteiger partial charge in [0.25, 0.3) is 5.91 Å². The van der Waals surface area contributed by atoms with Gasteiger partial charge in [0.2, 0.25) is 10.0 Å². The molecule has 1 saturated heterocycles. The molecule has 10 heteroatoms. The maximum absolute atomic E-state index is 12.7. The van der Waals surface area contributed by atoms with Gasteiger partial charge in [-0.05, 0) is 23.8 Å². The Balaban J connectivity index is 1.53. The molecule has 0 unspecified atom stereocenters. The quantitative estimate of drug-likeness (QED) is 0.548. The first kappa shape index (κ1) is 23.6. The molecule has 0 bridgehead atoms. The molecule has 172 valence electrons. The minimum absolute atomic E-state index is 0.0632. The Hall–Kier alpha value is -3.11. The lowest BCUT2D eigenvalue weighted by molar-refractivity contribution is -0.134. The molecule has 0 atom stereocenters. The zero-order chi connectivity index (χ0) is 23.1. The molecule has 2 aromatic carbocycles. The third-order valence-corrected chi connectivity index (χ3v) is 6.96. The topological polar surface area (TPSA) is 102 Å². The van der Waals surface area contributed by atoms with Crippen molar-refractivity contribution in [3.05, 3.63) is 59.7 Å². The van der Waals surface area contributed by atoms with E-state index < -0.39 is 16.0 Å². The average molecular weight is 463 g/mol. The minimum atomic E-state index is -3.45. The van der Waals surface area contributed by atoms with Crippen molar-refractivity contribution in [3.63, 3.8) is 0 Å². The Morgan fingerprint density at radius 3 is 2.25 bits per heavy atom. The second-order valence-corrected chi connectivity index (χ2v) is 9.14. The van der Waals surface area contributed by atoms with E-state index in [4.69, 9.17) is 9.47 Å². The number of benzene rings is 2. The Morgan fingerprint density at radius 1 is 0.938 bits per heavy atom. The molecule has 9 nitrogen and oxygen atoms in total. The highest BCUT2D eigenvalue weighted by Gasteiger charge is 2.29. The lowest BCUT2D eigenvalue weighted by Gasteiger charge is -2.34. The number of hydrogen-bond acceptors (Lipinski definition) is 7. The molecule has 0 aliphatic carbocycles. The van der Waals surface area contributed by atoms with Crippen LogP contribution in [0.2, 0.25) is 0 Å². The first-order chi connectivity index (χ1) is 15.3. The van der Waals surface area contributed by atoms with Crippen LogP contribution in [0.5, 0.6) is 11.5 Å². The molecule has 3 rings (SSSR count). The maximum atomic E-state index is 12.7. The Kier molecular flexibility index (Phi) is 7.70. The molecule has 1 aliphatic heterocycles. The third kappa shape index (κ3) is 5.77. The molecule has 1 amide bonds. The average Bonchev–Trinajstić information content (AvgIpc) is 2.82. The summed E-state index contributed by atoms with van der Waals surface area (Å²) in [6.07, 6.45) is 0. The van der Waals surface area contributed by atoms with Crippen molar-refractivity contribution in [2.75, 3.05) is 47.0 Å². The number of methoxy groups -OCH3 is 2. The van der Waals surface area contributed by atoms with Gasteiger partial charge in [-0.2, -0.15) is 4.31 Å². The molecule has 32 heavy (non-hydrogen) atoms. The van der Waals surface area contributed by atoms with E-state index in [9.17, 15) is 18.0 Å². The number of ether oxygens (including phenoxy) is 3. The summed E-state index contributed by atoms with van der Waals surface area (Å²) in [6, 6.07) is 13.5. The van der Waals surface area contributed by atoms with Crippen molar-refractivity contribution in [1.82, 2.24) is 9.21 Å². The van der Waals surface area contributed by atoms with E-state index in [1.807, 2.05) is 6.07 Å². The van der Waals surface area contributed by atoms with Crippen LogP contribution in [0.4, 0.5) is 0 Å². The number of sulfonamides is 1. The van der Waals surface area contributed by atoms with E-state index in [0.717, 1.165) is 5.56 Å². The van der Waals surface area contributed by atoms with Crippen molar-refractivity contribution in [2.45, 2.75) is 5.75 Å². The summed E-state index contributed by atoms with van der Waals surface area (Å²) in [5.41, 5.74) is 1.03. The molecule has 2 aromatic rings. The second kappa shape index (κ2) is 10.5. The molecule has 0 aromatic heterocycles. The van der Waals surface area contributed by atoms with Crippen LogP contribution in [0.3, 0.4) is 0 Å². The smallest absolute Gasteiger partial charge is 0.337 e. The zero-order valence-corrected chi connectivity index (χ0v) is 18.8. The largest absolute Gasteiger partial charge is 0.493 e. The van der Waals surface area contributed by atoms with Gasteiger partial charge in [0.15, 0.2) is 18.1 Å². The lowest BCUT2D eigenvalue weighted by atomic mass is 10.2. The highest BCUT2D eigenvalue weighted by molar-refractivity contribution is 7.88. The third-order valence-electron chi connectivity index (χ3n) is 5.11. The summed E-state index contributed by atoms with van der Waals surface area (Å²) < 4.78 is 42.2. The molecular weight excluding hydrogens is 436 g/mol. The summed E-state index contributed by atoms with van der Waals surface area (Å²) in [5, 5.41) is 0. The van der Waals surface area contributed by atoms with Gasteiger partial charge < -0.3 is 19.1 Å². The maximum Gasteiger partial charge on any atom is 0.337 e. The fourth-order valence-electron chi connectivity index (χ4n) is 3.35. The van der Waals surface area contributed by atoms with Crippen LogP contribution in [0.1, 0.15) is 15.9 Å². The van der Waals surface area contributed by atoms with Crippen LogP contribution < -0.4 is 9.47 Å². The number of carbonyl (C=O) groups excluding carboxylic acids is 2.